The molecule has 116 valence electrons. The van der Waals surface area contributed by atoms with E-state index in [2.05, 4.69) is 10.6 Å². The van der Waals surface area contributed by atoms with Crippen molar-refractivity contribution >= 4 is 28.3 Å². The van der Waals surface area contributed by atoms with Crippen LogP contribution in [0.5, 0.6) is 0 Å². The quantitative estimate of drug-likeness (QED) is 0.797. The fraction of sp³-hybridized carbons (Fsp3) is 0.571. The minimum Gasteiger partial charge on any atom is -0.478 e. The Kier molecular flexibility index (Phi) is 4.53. The summed E-state index contributed by atoms with van der Waals surface area (Å²) in [6.07, 6.45) is 1.90. The van der Waals surface area contributed by atoms with Gasteiger partial charge in [0.05, 0.1) is 11.2 Å². The number of carbonyl (C=O) groups excluding carboxylic acids is 1. The van der Waals surface area contributed by atoms with E-state index in [1.165, 1.54) is 11.3 Å². The van der Waals surface area contributed by atoms with Crippen LogP contribution in [0.15, 0.2) is 0 Å². The normalized spacial score (nSPS) is 21.3. The highest BCUT2D eigenvalue weighted by molar-refractivity contribution is 7.16. The van der Waals surface area contributed by atoms with Crippen molar-refractivity contribution in [2.24, 2.45) is 0 Å². The number of hydrogen-bond donors (Lipinski definition) is 3. The molecule has 21 heavy (non-hydrogen) atoms. The number of amides is 2. The number of urea groups is 1. The third-order valence-corrected chi connectivity index (χ3v) is 4.87. The first-order valence-electron chi connectivity index (χ1n) is 6.84. The van der Waals surface area contributed by atoms with Crippen LogP contribution >= 0.6 is 11.3 Å². The summed E-state index contributed by atoms with van der Waals surface area (Å²) in [6, 6.07) is -0.407. The molecule has 7 heteroatoms. The smallest absolute Gasteiger partial charge is 0.338 e. The largest absolute Gasteiger partial charge is 0.478 e. The molecule has 0 aliphatic carbocycles. The number of anilines is 1. The Labute approximate surface area is 127 Å². The second-order valence-electron chi connectivity index (χ2n) is 5.50. The third-order valence-electron chi connectivity index (χ3n) is 3.75. The van der Waals surface area contributed by atoms with Crippen LogP contribution in [0.2, 0.25) is 0 Å². The van der Waals surface area contributed by atoms with Crippen LogP contribution in [0.4, 0.5) is 9.80 Å². The summed E-state index contributed by atoms with van der Waals surface area (Å²) in [7, 11) is 0. The van der Waals surface area contributed by atoms with E-state index in [1.807, 2.05) is 13.8 Å². The fourth-order valence-electron chi connectivity index (χ4n) is 2.36. The Bertz CT molecular complexity index is 562. The molecule has 1 aliphatic heterocycles. The van der Waals surface area contributed by atoms with Gasteiger partial charge in [-0.05, 0) is 39.2 Å². The number of aromatic carboxylic acids is 1. The minimum absolute atomic E-state index is 0.163. The zero-order valence-electron chi connectivity index (χ0n) is 12.4. The molecule has 0 bridgehead atoms. The van der Waals surface area contributed by atoms with E-state index >= 15 is 0 Å². The van der Waals surface area contributed by atoms with Crippen LogP contribution in [-0.4, -0.2) is 35.9 Å². The molecular formula is C14H20N2O4S. The van der Waals surface area contributed by atoms with Gasteiger partial charge in [-0.25, -0.2) is 9.59 Å². The summed E-state index contributed by atoms with van der Waals surface area (Å²) in [6.45, 7) is 6.66. The molecule has 0 spiro atoms. The van der Waals surface area contributed by atoms with Crippen molar-refractivity contribution in [2.75, 3.05) is 18.5 Å². The number of aryl methyl sites for hydroxylation is 1. The van der Waals surface area contributed by atoms with Crippen molar-refractivity contribution in [2.45, 2.75) is 39.2 Å². The number of nitrogens with one attached hydrogen (secondary N) is 2. The van der Waals surface area contributed by atoms with Crippen molar-refractivity contribution in [1.29, 1.82) is 0 Å². The third kappa shape index (κ3) is 3.54. The first kappa shape index (κ1) is 15.8. The highest BCUT2D eigenvalue weighted by atomic mass is 32.1. The lowest BCUT2D eigenvalue weighted by Crippen LogP contribution is -2.41. The Hall–Kier alpha value is -1.60. The molecule has 1 saturated heterocycles. The maximum absolute atomic E-state index is 11.9. The number of rotatable bonds is 4. The molecule has 0 saturated carbocycles. The van der Waals surface area contributed by atoms with Gasteiger partial charge in [-0.3, -0.25) is 5.32 Å². The fourth-order valence-corrected chi connectivity index (χ4v) is 3.41. The van der Waals surface area contributed by atoms with Crippen LogP contribution in [0.25, 0.3) is 0 Å². The molecule has 0 aromatic carbocycles. The topological polar surface area (TPSA) is 87.7 Å². The van der Waals surface area contributed by atoms with Gasteiger partial charge in [-0.1, -0.05) is 0 Å². The van der Waals surface area contributed by atoms with Crippen molar-refractivity contribution in [3.63, 3.8) is 0 Å². The van der Waals surface area contributed by atoms with Gasteiger partial charge in [0.15, 0.2) is 0 Å². The molecule has 0 radical (unpaired) electrons. The Morgan fingerprint density at radius 1 is 1.43 bits per heavy atom. The molecule has 1 aliphatic rings. The van der Waals surface area contributed by atoms with E-state index in [-0.39, 0.29) is 11.2 Å². The number of ether oxygens (including phenoxy) is 1. The predicted molar refractivity (Wildman–Crippen MR) is 81.4 cm³/mol. The molecule has 1 aromatic rings. The molecule has 1 atom stereocenters. The maximum Gasteiger partial charge on any atom is 0.338 e. The molecule has 3 N–H and O–H groups in total. The molecule has 2 amide bonds. The van der Waals surface area contributed by atoms with Gasteiger partial charge in [0.1, 0.15) is 5.00 Å². The second kappa shape index (κ2) is 6.03. The average molecular weight is 312 g/mol. The van der Waals surface area contributed by atoms with Gasteiger partial charge in [-0.15, -0.1) is 11.3 Å². The minimum atomic E-state index is -1.03. The van der Waals surface area contributed by atoms with Crippen molar-refractivity contribution in [3.05, 3.63) is 16.0 Å². The monoisotopic (exact) mass is 312 g/mol. The van der Waals surface area contributed by atoms with Gasteiger partial charge < -0.3 is 15.2 Å². The predicted octanol–water partition coefficient (Wildman–Crippen LogP) is 2.75. The van der Waals surface area contributed by atoms with Gasteiger partial charge >= 0.3 is 12.0 Å². The molecule has 1 fully saturated rings. The molecule has 2 rings (SSSR count). The molecule has 2 heterocycles. The second-order valence-corrected chi connectivity index (χ2v) is 6.73. The Morgan fingerprint density at radius 2 is 2.14 bits per heavy atom. The summed E-state index contributed by atoms with van der Waals surface area (Å²) in [5.74, 6) is -1.03. The summed E-state index contributed by atoms with van der Waals surface area (Å²) in [5.41, 5.74) is 0.527. The summed E-state index contributed by atoms with van der Waals surface area (Å²) >= 11 is 1.27. The van der Waals surface area contributed by atoms with E-state index in [1.54, 1.807) is 6.92 Å². The molecular weight excluding hydrogens is 292 g/mol. The number of carboxylic acids is 1. The van der Waals surface area contributed by atoms with Crippen molar-refractivity contribution < 1.29 is 19.4 Å². The summed E-state index contributed by atoms with van der Waals surface area (Å²) < 4.78 is 5.59. The first-order valence-corrected chi connectivity index (χ1v) is 7.66. The van der Waals surface area contributed by atoms with Gasteiger partial charge in [-0.2, -0.15) is 0 Å². The van der Waals surface area contributed by atoms with Crippen molar-refractivity contribution in [1.82, 2.24) is 5.32 Å². The van der Waals surface area contributed by atoms with Gasteiger partial charge in [0.2, 0.25) is 0 Å². The average Bonchev–Trinajstić information content (AvgIpc) is 2.93. The standard InChI is InChI=1S/C14H20N2O4S/c1-8-9(2)21-11(10(8)12(17)18)16-13(19)15-7-14(3)5-4-6-20-14/h4-7H2,1-3H3,(H,17,18)(H2,15,16,19). The highest BCUT2D eigenvalue weighted by Crippen LogP contribution is 2.32. The Balaban J connectivity index is 2.00. The summed E-state index contributed by atoms with van der Waals surface area (Å²) in [4.78, 5) is 24.1. The lowest BCUT2D eigenvalue weighted by Gasteiger charge is -2.23. The lowest BCUT2D eigenvalue weighted by atomic mass is 10.0. The van der Waals surface area contributed by atoms with Crippen LogP contribution < -0.4 is 10.6 Å². The number of hydrogen-bond acceptors (Lipinski definition) is 4. The number of carbonyl (C=O) groups is 2. The van der Waals surface area contributed by atoms with E-state index in [0.717, 1.165) is 17.7 Å². The van der Waals surface area contributed by atoms with Crippen LogP contribution in [0, 0.1) is 13.8 Å². The highest BCUT2D eigenvalue weighted by Gasteiger charge is 2.30. The van der Waals surface area contributed by atoms with E-state index in [9.17, 15) is 14.7 Å². The number of carboxylic acid groups (broad SMARTS) is 1. The molecule has 1 aromatic heterocycles. The van der Waals surface area contributed by atoms with Crippen molar-refractivity contribution in [3.8, 4) is 0 Å². The SMILES string of the molecule is Cc1sc(NC(=O)NCC2(C)CCCO2)c(C(=O)O)c1C. The van der Waals surface area contributed by atoms with Crippen LogP contribution in [0.1, 0.15) is 40.6 Å². The van der Waals surface area contributed by atoms with E-state index in [4.69, 9.17) is 4.74 Å². The number of thiophene rings is 1. The maximum atomic E-state index is 11.9. The van der Waals surface area contributed by atoms with Crippen LogP contribution in [0.3, 0.4) is 0 Å². The Morgan fingerprint density at radius 3 is 2.71 bits per heavy atom. The van der Waals surface area contributed by atoms with E-state index in [0.29, 0.717) is 23.7 Å². The first-order chi connectivity index (χ1) is 9.82. The zero-order valence-corrected chi connectivity index (χ0v) is 13.2. The van der Waals surface area contributed by atoms with E-state index < -0.39 is 12.0 Å². The van der Waals surface area contributed by atoms with Crippen LogP contribution in [-0.2, 0) is 4.74 Å². The molecule has 1 unspecified atom stereocenters. The lowest BCUT2D eigenvalue weighted by molar-refractivity contribution is 0.0232. The molecule has 6 nitrogen and oxygen atoms in total. The van der Waals surface area contributed by atoms with Gasteiger partial charge in [0.25, 0.3) is 0 Å². The zero-order chi connectivity index (χ0) is 15.6. The van der Waals surface area contributed by atoms with Gasteiger partial charge in [0, 0.05) is 18.0 Å². The summed E-state index contributed by atoms with van der Waals surface area (Å²) in [5, 5.41) is 15.0.